The van der Waals surface area contributed by atoms with Gasteiger partial charge in [-0.1, -0.05) is 0 Å². The van der Waals surface area contributed by atoms with Crippen LogP contribution in [0.15, 0.2) is 48.5 Å². The molecule has 0 aromatic heterocycles. The first kappa shape index (κ1) is 22.1. The topological polar surface area (TPSA) is 77.0 Å². The van der Waals surface area contributed by atoms with Crippen LogP contribution >= 0.6 is 0 Å². The van der Waals surface area contributed by atoms with Gasteiger partial charge in [-0.25, -0.2) is 4.39 Å². The third-order valence-corrected chi connectivity index (χ3v) is 5.37. The average molecular weight is 417 g/mol. The van der Waals surface area contributed by atoms with E-state index >= 15 is 0 Å². The Bertz CT molecular complexity index is 801. The number of halogens is 1. The van der Waals surface area contributed by atoms with Crippen LogP contribution in [0.4, 0.5) is 4.39 Å². The number of ether oxygens (including phenoxy) is 3. The minimum Gasteiger partial charge on any atom is -0.493 e. The fourth-order valence-corrected chi connectivity index (χ4v) is 3.48. The van der Waals surface area contributed by atoms with E-state index in [0.29, 0.717) is 42.4 Å². The highest BCUT2D eigenvalue weighted by Crippen LogP contribution is 2.32. The first-order valence-electron chi connectivity index (χ1n) is 10.1. The second-order valence-corrected chi connectivity index (χ2v) is 7.69. The van der Waals surface area contributed by atoms with Crippen LogP contribution in [0.3, 0.4) is 0 Å². The molecule has 6 nitrogen and oxygen atoms in total. The van der Waals surface area contributed by atoms with Gasteiger partial charge in [0.25, 0.3) is 5.91 Å². The van der Waals surface area contributed by atoms with Crippen molar-refractivity contribution >= 4 is 5.91 Å². The molecule has 0 spiro atoms. The molecular formula is C23H28FNO5. The maximum atomic E-state index is 12.9. The number of hydrogen-bond acceptors (Lipinski definition) is 5. The number of carbonyl (C=O) groups is 1. The predicted octanol–water partition coefficient (Wildman–Crippen LogP) is 3.54. The molecule has 0 heterocycles. The molecule has 1 aliphatic carbocycles. The first-order chi connectivity index (χ1) is 14.5. The number of aliphatic hydroxyl groups is 1. The van der Waals surface area contributed by atoms with Crippen molar-refractivity contribution in [2.45, 2.75) is 31.3 Å². The highest BCUT2D eigenvalue weighted by Gasteiger charge is 2.33. The van der Waals surface area contributed by atoms with Gasteiger partial charge in [0.1, 0.15) is 17.3 Å². The fraction of sp³-hybridized carbons (Fsp3) is 0.435. The van der Waals surface area contributed by atoms with Crippen molar-refractivity contribution in [3.63, 3.8) is 0 Å². The predicted molar refractivity (Wildman–Crippen MR) is 110 cm³/mol. The van der Waals surface area contributed by atoms with E-state index in [4.69, 9.17) is 14.2 Å². The Balaban J connectivity index is 1.40. The van der Waals surface area contributed by atoms with Gasteiger partial charge in [-0.05, 0) is 80.1 Å². The second-order valence-electron chi connectivity index (χ2n) is 7.69. The zero-order chi connectivity index (χ0) is 21.4. The van der Waals surface area contributed by atoms with Crippen LogP contribution in [0, 0.1) is 11.7 Å². The molecule has 0 radical (unpaired) electrons. The molecule has 2 N–H and O–H groups in total. The molecule has 7 heteroatoms. The highest BCUT2D eigenvalue weighted by atomic mass is 19.1. The van der Waals surface area contributed by atoms with Crippen molar-refractivity contribution in [3.05, 3.63) is 59.9 Å². The summed E-state index contributed by atoms with van der Waals surface area (Å²) >= 11 is 0. The molecule has 0 atom stereocenters. The molecule has 0 saturated heterocycles. The van der Waals surface area contributed by atoms with Crippen LogP contribution in [0.5, 0.6) is 11.5 Å². The van der Waals surface area contributed by atoms with Gasteiger partial charge in [-0.2, -0.15) is 0 Å². The smallest absolute Gasteiger partial charge is 0.251 e. The molecule has 1 amide bonds. The molecule has 30 heavy (non-hydrogen) atoms. The summed E-state index contributed by atoms with van der Waals surface area (Å²) in [7, 11) is 1.54. The zero-order valence-corrected chi connectivity index (χ0v) is 17.1. The Morgan fingerprint density at radius 1 is 1.07 bits per heavy atom. The monoisotopic (exact) mass is 417 g/mol. The highest BCUT2D eigenvalue weighted by molar-refractivity contribution is 5.94. The van der Waals surface area contributed by atoms with Gasteiger partial charge in [0.2, 0.25) is 0 Å². The first-order valence-corrected chi connectivity index (χ1v) is 10.1. The molecule has 0 bridgehead atoms. The van der Waals surface area contributed by atoms with Crippen molar-refractivity contribution in [1.82, 2.24) is 5.32 Å². The molecule has 1 fully saturated rings. The van der Waals surface area contributed by atoms with Gasteiger partial charge in [0.05, 0.1) is 12.2 Å². The van der Waals surface area contributed by atoms with E-state index in [1.807, 2.05) is 0 Å². The van der Waals surface area contributed by atoms with E-state index in [0.717, 1.165) is 12.8 Å². The van der Waals surface area contributed by atoms with E-state index in [-0.39, 0.29) is 25.1 Å². The van der Waals surface area contributed by atoms with Crippen molar-refractivity contribution in [2.24, 2.45) is 5.92 Å². The number of carbonyl (C=O) groups excluding carboxylic acids is 1. The Hall–Kier alpha value is -2.64. The Labute approximate surface area is 176 Å². The summed E-state index contributed by atoms with van der Waals surface area (Å²) in [5, 5.41) is 13.6. The van der Waals surface area contributed by atoms with Crippen LogP contribution in [-0.4, -0.2) is 43.7 Å². The molecule has 2 aromatic carbocycles. The summed E-state index contributed by atoms with van der Waals surface area (Å²) < 4.78 is 28.8. The van der Waals surface area contributed by atoms with Crippen molar-refractivity contribution in [2.75, 3.05) is 27.1 Å². The minimum absolute atomic E-state index is 0.147. The maximum absolute atomic E-state index is 12.9. The van der Waals surface area contributed by atoms with Crippen LogP contribution in [0.2, 0.25) is 0 Å². The molecule has 2 aromatic rings. The van der Waals surface area contributed by atoms with Crippen LogP contribution in [0.1, 0.15) is 36.0 Å². The van der Waals surface area contributed by atoms with E-state index in [1.165, 1.54) is 12.1 Å². The average Bonchev–Trinajstić information content (AvgIpc) is 2.77. The number of hydrogen-bond donors (Lipinski definition) is 2. The number of amides is 1. The number of benzene rings is 2. The Morgan fingerprint density at radius 2 is 1.67 bits per heavy atom. The second kappa shape index (κ2) is 10.4. The lowest BCUT2D eigenvalue weighted by Crippen LogP contribution is -2.45. The van der Waals surface area contributed by atoms with Crippen molar-refractivity contribution in [3.8, 4) is 11.5 Å². The van der Waals surface area contributed by atoms with Gasteiger partial charge in [0.15, 0.2) is 6.79 Å². The van der Waals surface area contributed by atoms with Gasteiger partial charge in [-0.15, -0.1) is 0 Å². The molecule has 1 aliphatic rings. The minimum atomic E-state index is -0.913. The Morgan fingerprint density at radius 3 is 2.30 bits per heavy atom. The van der Waals surface area contributed by atoms with Gasteiger partial charge >= 0.3 is 0 Å². The van der Waals surface area contributed by atoms with Crippen LogP contribution < -0.4 is 14.8 Å². The van der Waals surface area contributed by atoms with Gasteiger partial charge < -0.3 is 24.6 Å². The van der Waals surface area contributed by atoms with Crippen molar-refractivity contribution in [1.29, 1.82) is 0 Å². The number of nitrogens with one attached hydrogen (secondary N) is 1. The largest absolute Gasteiger partial charge is 0.493 e. The number of rotatable bonds is 9. The fourth-order valence-electron chi connectivity index (χ4n) is 3.48. The molecular weight excluding hydrogens is 389 g/mol. The quantitative estimate of drug-likeness (QED) is 0.611. The molecule has 0 unspecified atom stereocenters. The standard InChI is InChI=1S/C23H28FNO5/c1-28-16-30-21-6-2-18(3-7-21)22(26)25-15-23(27)12-10-17(11-13-23)14-29-20-8-4-19(24)5-9-20/h2-9,17,27H,10-16H2,1H3,(H,25,26). The molecule has 1 saturated carbocycles. The van der Waals surface area contributed by atoms with Gasteiger partial charge in [-0.3, -0.25) is 4.79 Å². The summed E-state index contributed by atoms with van der Waals surface area (Å²) in [6, 6.07) is 12.7. The van der Waals surface area contributed by atoms with Crippen LogP contribution in [0.25, 0.3) is 0 Å². The molecule has 3 rings (SSSR count). The summed E-state index contributed by atoms with van der Waals surface area (Å²) in [6.45, 7) is 0.888. The zero-order valence-electron chi connectivity index (χ0n) is 17.1. The van der Waals surface area contributed by atoms with E-state index in [2.05, 4.69) is 5.32 Å². The summed E-state index contributed by atoms with van der Waals surface area (Å²) in [5.41, 5.74) is -0.409. The lowest BCUT2D eigenvalue weighted by molar-refractivity contribution is -0.0129. The molecule has 162 valence electrons. The van der Waals surface area contributed by atoms with E-state index in [9.17, 15) is 14.3 Å². The molecule has 0 aliphatic heterocycles. The lowest BCUT2D eigenvalue weighted by atomic mass is 9.79. The van der Waals surface area contributed by atoms with E-state index < -0.39 is 5.60 Å². The normalized spacial score (nSPS) is 21.1. The van der Waals surface area contributed by atoms with Crippen molar-refractivity contribution < 1.29 is 28.5 Å². The van der Waals surface area contributed by atoms with Gasteiger partial charge in [0, 0.05) is 19.2 Å². The summed E-state index contributed by atoms with van der Waals surface area (Å²) in [4.78, 5) is 12.4. The third-order valence-electron chi connectivity index (χ3n) is 5.37. The number of methoxy groups -OCH3 is 1. The van der Waals surface area contributed by atoms with E-state index in [1.54, 1.807) is 43.5 Å². The Kier molecular flexibility index (Phi) is 7.65. The SMILES string of the molecule is COCOc1ccc(C(=O)NCC2(O)CCC(COc3ccc(F)cc3)CC2)cc1. The summed E-state index contributed by atoms with van der Waals surface area (Å²) in [5.74, 6) is 1.06. The third kappa shape index (κ3) is 6.43. The lowest BCUT2D eigenvalue weighted by Gasteiger charge is -2.36. The maximum Gasteiger partial charge on any atom is 0.251 e. The summed E-state index contributed by atoms with van der Waals surface area (Å²) in [6.07, 6.45) is 2.79. The van der Waals surface area contributed by atoms with Crippen LogP contribution in [-0.2, 0) is 4.74 Å².